The Morgan fingerprint density at radius 2 is 1.76 bits per heavy atom. The van der Waals surface area contributed by atoms with Gasteiger partial charge in [0.05, 0.1) is 18.1 Å². The Kier molecular flexibility index (Phi) is 5.27. The Bertz CT molecular complexity index is 587. The van der Waals surface area contributed by atoms with Gasteiger partial charge >= 0.3 is 0 Å². The number of carbonyl (C=O) groups excluding carboxylic acids is 1. The van der Waals surface area contributed by atoms with E-state index < -0.39 is 0 Å². The van der Waals surface area contributed by atoms with Crippen LogP contribution in [0.15, 0.2) is 12.4 Å². The SMILES string of the molecule is CNC(=O)c1ncc(N2CCN(C3CCC(C(C)(C)C)C3)CC2)cn1. The Balaban J connectivity index is 1.53. The molecule has 1 N–H and O–H groups in total. The van der Waals surface area contributed by atoms with E-state index in [9.17, 15) is 4.79 Å². The molecule has 1 saturated heterocycles. The summed E-state index contributed by atoms with van der Waals surface area (Å²) in [4.78, 5) is 24.9. The van der Waals surface area contributed by atoms with Crippen molar-refractivity contribution in [2.75, 3.05) is 38.1 Å². The molecule has 2 atom stereocenters. The number of hydrogen-bond acceptors (Lipinski definition) is 5. The lowest BCUT2D eigenvalue weighted by Crippen LogP contribution is -2.50. The average Bonchev–Trinajstić information content (AvgIpc) is 3.12. The third kappa shape index (κ3) is 4.11. The molecule has 1 amide bonds. The minimum absolute atomic E-state index is 0.226. The van der Waals surface area contributed by atoms with E-state index in [2.05, 4.69) is 45.9 Å². The highest BCUT2D eigenvalue weighted by molar-refractivity contribution is 5.90. The molecule has 0 bridgehead atoms. The molecule has 1 aromatic rings. The monoisotopic (exact) mass is 345 g/mol. The molecular weight excluding hydrogens is 314 g/mol. The van der Waals surface area contributed by atoms with Crippen molar-refractivity contribution >= 4 is 11.6 Å². The fourth-order valence-electron chi connectivity index (χ4n) is 4.13. The molecule has 6 nitrogen and oxygen atoms in total. The molecule has 2 fully saturated rings. The van der Waals surface area contributed by atoms with Gasteiger partial charge in [0.2, 0.25) is 5.82 Å². The maximum absolute atomic E-state index is 11.5. The summed E-state index contributed by atoms with van der Waals surface area (Å²) < 4.78 is 0. The van der Waals surface area contributed by atoms with Gasteiger partial charge in [-0.25, -0.2) is 9.97 Å². The van der Waals surface area contributed by atoms with Crippen LogP contribution in [-0.4, -0.2) is 60.0 Å². The van der Waals surface area contributed by atoms with Crippen LogP contribution >= 0.6 is 0 Å². The fourth-order valence-corrected chi connectivity index (χ4v) is 4.13. The summed E-state index contributed by atoms with van der Waals surface area (Å²) in [5, 5.41) is 2.55. The molecule has 0 radical (unpaired) electrons. The van der Waals surface area contributed by atoms with E-state index in [1.54, 1.807) is 19.4 Å². The normalized spacial score (nSPS) is 25.2. The molecule has 0 aromatic carbocycles. The topological polar surface area (TPSA) is 61.4 Å². The zero-order valence-electron chi connectivity index (χ0n) is 16.0. The van der Waals surface area contributed by atoms with Gasteiger partial charge in [-0.05, 0) is 30.6 Å². The second kappa shape index (κ2) is 7.28. The molecule has 0 spiro atoms. The molecule has 1 aromatic heterocycles. The summed E-state index contributed by atoms with van der Waals surface area (Å²) in [7, 11) is 1.59. The highest BCUT2D eigenvalue weighted by atomic mass is 16.2. The molecule has 2 aliphatic rings. The zero-order chi connectivity index (χ0) is 18.0. The van der Waals surface area contributed by atoms with Crippen LogP contribution in [0, 0.1) is 11.3 Å². The van der Waals surface area contributed by atoms with Gasteiger partial charge < -0.3 is 10.2 Å². The van der Waals surface area contributed by atoms with Crippen LogP contribution in [-0.2, 0) is 0 Å². The number of anilines is 1. The highest BCUT2D eigenvalue weighted by Gasteiger charge is 2.36. The van der Waals surface area contributed by atoms with E-state index >= 15 is 0 Å². The summed E-state index contributed by atoms with van der Waals surface area (Å²) >= 11 is 0. The molecule has 2 unspecified atom stereocenters. The van der Waals surface area contributed by atoms with Gasteiger partial charge in [-0.15, -0.1) is 0 Å². The van der Waals surface area contributed by atoms with Crippen LogP contribution in [0.2, 0.25) is 0 Å². The van der Waals surface area contributed by atoms with E-state index in [-0.39, 0.29) is 11.7 Å². The van der Waals surface area contributed by atoms with Crippen molar-refractivity contribution in [3.63, 3.8) is 0 Å². The molecule has 1 aliphatic carbocycles. The largest absolute Gasteiger partial charge is 0.366 e. The maximum atomic E-state index is 11.5. The number of amides is 1. The number of carbonyl (C=O) groups is 1. The van der Waals surface area contributed by atoms with Gasteiger partial charge in [0.1, 0.15) is 0 Å². The van der Waals surface area contributed by atoms with Crippen LogP contribution in [0.25, 0.3) is 0 Å². The highest BCUT2D eigenvalue weighted by Crippen LogP contribution is 2.41. The Morgan fingerprint density at radius 3 is 2.28 bits per heavy atom. The van der Waals surface area contributed by atoms with Gasteiger partial charge in [-0.3, -0.25) is 9.69 Å². The standard InChI is InChI=1S/C19H31N5O/c1-19(2,3)14-5-6-15(11-14)23-7-9-24(10-8-23)16-12-21-17(22-13-16)18(25)20-4/h12-15H,5-11H2,1-4H3,(H,20,25). The summed E-state index contributed by atoms with van der Waals surface area (Å²) in [6.07, 6.45) is 7.57. The molecule has 138 valence electrons. The molecule has 6 heteroatoms. The van der Waals surface area contributed by atoms with Crippen LogP contribution in [0.5, 0.6) is 0 Å². The summed E-state index contributed by atoms with van der Waals surface area (Å²) in [5.41, 5.74) is 1.44. The first-order chi connectivity index (χ1) is 11.9. The first-order valence-corrected chi connectivity index (χ1v) is 9.41. The Labute approximate surface area is 151 Å². The van der Waals surface area contributed by atoms with Crippen LogP contribution in [0.4, 0.5) is 5.69 Å². The van der Waals surface area contributed by atoms with Gasteiger partial charge in [-0.1, -0.05) is 20.8 Å². The van der Waals surface area contributed by atoms with E-state index in [1.165, 1.54) is 19.3 Å². The fraction of sp³-hybridized carbons (Fsp3) is 0.737. The van der Waals surface area contributed by atoms with Crippen molar-refractivity contribution in [2.24, 2.45) is 11.3 Å². The number of hydrogen-bond donors (Lipinski definition) is 1. The van der Waals surface area contributed by atoms with Gasteiger partial charge in [0.25, 0.3) is 5.91 Å². The van der Waals surface area contributed by atoms with Crippen molar-refractivity contribution in [1.29, 1.82) is 0 Å². The maximum Gasteiger partial charge on any atom is 0.288 e. The minimum atomic E-state index is -0.244. The van der Waals surface area contributed by atoms with Crippen molar-refractivity contribution in [3.05, 3.63) is 18.2 Å². The van der Waals surface area contributed by atoms with E-state index in [4.69, 9.17) is 0 Å². The predicted octanol–water partition coefficient (Wildman–Crippen LogP) is 2.17. The van der Waals surface area contributed by atoms with Crippen LogP contribution < -0.4 is 10.2 Å². The minimum Gasteiger partial charge on any atom is -0.366 e. The lowest BCUT2D eigenvalue weighted by molar-refractivity contribution is 0.0952. The Morgan fingerprint density at radius 1 is 1.12 bits per heavy atom. The lowest BCUT2D eigenvalue weighted by atomic mass is 9.79. The summed E-state index contributed by atoms with van der Waals surface area (Å²) in [6.45, 7) is 11.3. The van der Waals surface area contributed by atoms with Crippen molar-refractivity contribution < 1.29 is 4.79 Å². The second-order valence-corrected chi connectivity index (χ2v) is 8.40. The second-order valence-electron chi connectivity index (χ2n) is 8.40. The summed E-state index contributed by atoms with van der Waals surface area (Å²) in [6, 6.07) is 0.748. The van der Waals surface area contributed by atoms with E-state index in [0.717, 1.165) is 43.8 Å². The van der Waals surface area contributed by atoms with E-state index in [1.807, 2.05) is 0 Å². The summed E-state index contributed by atoms with van der Waals surface area (Å²) in [5.74, 6) is 0.830. The van der Waals surface area contributed by atoms with Gasteiger partial charge in [-0.2, -0.15) is 0 Å². The number of nitrogens with one attached hydrogen (secondary N) is 1. The third-order valence-electron chi connectivity index (χ3n) is 5.89. The van der Waals surface area contributed by atoms with Crippen LogP contribution in [0.3, 0.4) is 0 Å². The number of rotatable bonds is 3. The predicted molar refractivity (Wildman–Crippen MR) is 99.8 cm³/mol. The van der Waals surface area contributed by atoms with Gasteiger partial charge in [0.15, 0.2) is 0 Å². The Hall–Kier alpha value is -1.69. The van der Waals surface area contributed by atoms with Crippen molar-refractivity contribution in [1.82, 2.24) is 20.2 Å². The lowest BCUT2D eigenvalue weighted by Gasteiger charge is -2.39. The van der Waals surface area contributed by atoms with Crippen molar-refractivity contribution in [3.8, 4) is 0 Å². The number of piperazine rings is 1. The smallest absolute Gasteiger partial charge is 0.288 e. The van der Waals surface area contributed by atoms with Gasteiger partial charge in [0, 0.05) is 39.3 Å². The zero-order valence-corrected chi connectivity index (χ0v) is 16.0. The first kappa shape index (κ1) is 18.1. The molecule has 2 heterocycles. The quantitative estimate of drug-likeness (QED) is 0.910. The van der Waals surface area contributed by atoms with E-state index in [0.29, 0.717) is 5.41 Å². The molecular formula is C19H31N5O. The first-order valence-electron chi connectivity index (χ1n) is 9.41. The van der Waals surface area contributed by atoms with Crippen molar-refractivity contribution in [2.45, 2.75) is 46.1 Å². The van der Waals surface area contributed by atoms with Crippen LogP contribution in [0.1, 0.15) is 50.7 Å². The number of nitrogens with zero attached hydrogens (tertiary/aromatic N) is 4. The number of aromatic nitrogens is 2. The molecule has 3 rings (SSSR count). The third-order valence-corrected chi connectivity index (χ3v) is 5.89. The molecule has 25 heavy (non-hydrogen) atoms. The molecule has 1 aliphatic heterocycles. The molecule has 1 saturated carbocycles. The average molecular weight is 345 g/mol.